The summed E-state index contributed by atoms with van der Waals surface area (Å²) in [5.74, 6) is 2.43. The van der Waals surface area contributed by atoms with Gasteiger partial charge in [0.25, 0.3) is 0 Å². The minimum atomic E-state index is 0.0231. The number of hydrogen-bond acceptors (Lipinski definition) is 4. The Morgan fingerprint density at radius 2 is 1.00 bits per heavy atom. The zero-order valence-electron chi connectivity index (χ0n) is 15.7. The molecular formula is C22H30O4. The van der Waals surface area contributed by atoms with Crippen LogP contribution < -0.4 is 9.47 Å². The minimum Gasteiger partial charge on any atom is -0.491 e. The molecule has 0 bridgehead atoms. The third-order valence-electron chi connectivity index (χ3n) is 4.70. The molecule has 2 aromatic carbocycles. The highest BCUT2D eigenvalue weighted by Crippen LogP contribution is 2.38. The van der Waals surface area contributed by atoms with E-state index < -0.39 is 0 Å². The summed E-state index contributed by atoms with van der Waals surface area (Å²) in [6.07, 6.45) is 2.11. The van der Waals surface area contributed by atoms with E-state index in [2.05, 4.69) is 38.1 Å². The molecule has 4 nitrogen and oxygen atoms in total. The molecule has 0 aliphatic rings. The number of ether oxygens (including phenoxy) is 2. The van der Waals surface area contributed by atoms with Crippen LogP contribution in [-0.2, 0) is 0 Å². The Kier molecular flexibility index (Phi) is 8.45. The lowest BCUT2D eigenvalue weighted by atomic mass is 9.78. The van der Waals surface area contributed by atoms with Gasteiger partial charge in [-0.2, -0.15) is 0 Å². The average molecular weight is 358 g/mol. The molecule has 0 aliphatic carbocycles. The van der Waals surface area contributed by atoms with Gasteiger partial charge in [-0.05, 0) is 60.1 Å². The van der Waals surface area contributed by atoms with E-state index in [0.717, 1.165) is 24.3 Å². The summed E-state index contributed by atoms with van der Waals surface area (Å²) in [6.45, 7) is 5.13. The molecule has 0 heterocycles. The van der Waals surface area contributed by atoms with E-state index in [1.165, 1.54) is 11.1 Å². The second-order valence-electron chi connectivity index (χ2n) is 6.31. The summed E-state index contributed by atoms with van der Waals surface area (Å²) in [4.78, 5) is 0. The van der Waals surface area contributed by atoms with E-state index in [0.29, 0.717) is 25.0 Å². The molecule has 0 amide bonds. The lowest BCUT2D eigenvalue weighted by molar-refractivity contribution is 0.201. The van der Waals surface area contributed by atoms with Crippen LogP contribution in [0.1, 0.15) is 49.7 Å². The lowest BCUT2D eigenvalue weighted by Crippen LogP contribution is -2.11. The van der Waals surface area contributed by atoms with E-state index in [4.69, 9.17) is 19.7 Å². The molecule has 2 N–H and O–H groups in total. The van der Waals surface area contributed by atoms with Crippen molar-refractivity contribution in [3.05, 3.63) is 59.7 Å². The third-order valence-corrected chi connectivity index (χ3v) is 4.70. The maximum absolute atomic E-state index is 8.86. The number of rotatable bonds is 11. The molecule has 0 radical (unpaired) electrons. The molecular weight excluding hydrogens is 328 g/mol. The Morgan fingerprint density at radius 3 is 1.27 bits per heavy atom. The van der Waals surface area contributed by atoms with Gasteiger partial charge >= 0.3 is 0 Å². The van der Waals surface area contributed by atoms with Crippen molar-refractivity contribution < 1.29 is 19.7 Å². The smallest absolute Gasteiger partial charge is 0.119 e. The van der Waals surface area contributed by atoms with Crippen LogP contribution in [0.25, 0.3) is 0 Å². The Hall–Kier alpha value is -2.04. The average Bonchev–Trinajstić information content (AvgIpc) is 2.70. The van der Waals surface area contributed by atoms with E-state index in [1.807, 2.05) is 24.3 Å². The Morgan fingerprint density at radius 1 is 0.654 bits per heavy atom. The van der Waals surface area contributed by atoms with Gasteiger partial charge in [0.05, 0.1) is 13.2 Å². The molecule has 0 fully saturated rings. The summed E-state index contributed by atoms with van der Waals surface area (Å²) in [7, 11) is 0. The van der Waals surface area contributed by atoms with E-state index >= 15 is 0 Å². The highest BCUT2D eigenvalue weighted by Gasteiger charge is 2.22. The van der Waals surface area contributed by atoms with Crippen LogP contribution in [0.3, 0.4) is 0 Å². The van der Waals surface area contributed by atoms with Crippen LogP contribution in [0.5, 0.6) is 11.5 Å². The van der Waals surface area contributed by atoms with E-state index in [-0.39, 0.29) is 13.2 Å². The van der Waals surface area contributed by atoms with Gasteiger partial charge < -0.3 is 19.7 Å². The minimum absolute atomic E-state index is 0.0231. The van der Waals surface area contributed by atoms with Crippen LogP contribution in [0.2, 0.25) is 0 Å². The largest absolute Gasteiger partial charge is 0.491 e. The molecule has 0 saturated carbocycles. The normalized spacial score (nSPS) is 13.2. The van der Waals surface area contributed by atoms with Gasteiger partial charge in [0.1, 0.15) is 24.7 Å². The Bertz CT molecular complexity index is 564. The first-order chi connectivity index (χ1) is 12.7. The van der Waals surface area contributed by atoms with Crippen molar-refractivity contribution >= 4 is 0 Å². The fourth-order valence-electron chi connectivity index (χ4n) is 3.45. The summed E-state index contributed by atoms with van der Waals surface area (Å²) >= 11 is 0. The van der Waals surface area contributed by atoms with Crippen LogP contribution in [0.15, 0.2) is 48.5 Å². The summed E-state index contributed by atoms with van der Waals surface area (Å²) in [6, 6.07) is 16.4. The Balaban J connectivity index is 2.14. The van der Waals surface area contributed by atoms with E-state index in [1.54, 1.807) is 0 Å². The molecule has 0 aromatic heterocycles. The molecule has 2 atom stereocenters. The predicted molar refractivity (Wildman–Crippen MR) is 104 cm³/mol. The first-order valence-electron chi connectivity index (χ1n) is 9.40. The molecule has 2 aromatic rings. The number of hydrogen-bond donors (Lipinski definition) is 2. The molecule has 0 saturated heterocycles. The van der Waals surface area contributed by atoms with Crippen LogP contribution in [0.4, 0.5) is 0 Å². The second-order valence-corrected chi connectivity index (χ2v) is 6.31. The molecule has 0 aliphatic heterocycles. The van der Waals surface area contributed by atoms with Crippen molar-refractivity contribution in [2.45, 2.75) is 38.5 Å². The molecule has 2 rings (SSSR count). The second kappa shape index (κ2) is 10.8. The number of aliphatic hydroxyl groups is 2. The first-order valence-corrected chi connectivity index (χ1v) is 9.40. The molecule has 142 valence electrons. The topological polar surface area (TPSA) is 58.9 Å². The fraction of sp³-hybridized carbons (Fsp3) is 0.455. The monoisotopic (exact) mass is 358 g/mol. The van der Waals surface area contributed by atoms with Crippen molar-refractivity contribution in [2.75, 3.05) is 26.4 Å². The summed E-state index contributed by atoms with van der Waals surface area (Å²) in [5, 5.41) is 17.7. The Labute approximate surface area is 156 Å². The van der Waals surface area contributed by atoms with Crippen LogP contribution >= 0.6 is 0 Å². The van der Waals surface area contributed by atoms with Gasteiger partial charge in [-0.15, -0.1) is 0 Å². The highest BCUT2D eigenvalue weighted by atomic mass is 16.5. The fourth-order valence-corrected chi connectivity index (χ4v) is 3.45. The molecule has 0 spiro atoms. The van der Waals surface area contributed by atoms with Crippen molar-refractivity contribution in [3.8, 4) is 11.5 Å². The molecule has 4 heteroatoms. The lowest BCUT2D eigenvalue weighted by Gasteiger charge is -2.26. The van der Waals surface area contributed by atoms with Gasteiger partial charge in [-0.3, -0.25) is 0 Å². The van der Waals surface area contributed by atoms with Gasteiger partial charge in [-0.1, -0.05) is 38.1 Å². The van der Waals surface area contributed by atoms with Gasteiger partial charge in [0.2, 0.25) is 0 Å². The predicted octanol–water partition coefficient (Wildman–Crippen LogP) is 4.12. The van der Waals surface area contributed by atoms with Crippen molar-refractivity contribution in [1.29, 1.82) is 0 Å². The zero-order valence-corrected chi connectivity index (χ0v) is 15.7. The number of aliphatic hydroxyl groups excluding tert-OH is 2. The zero-order chi connectivity index (χ0) is 18.8. The van der Waals surface area contributed by atoms with E-state index in [9.17, 15) is 0 Å². The SMILES string of the molecule is CC[C@H](c1ccc(OCCO)cc1)[C@H](CC)c1ccc(OCCO)cc1. The van der Waals surface area contributed by atoms with Crippen LogP contribution in [-0.4, -0.2) is 36.6 Å². The van der Waals surface area contributed by atoms with Gasteiger partial charge in [-0.25, -0.2) is 0 Å². The van der Waals surface area contributed by atoms with Crippen molar-refractivity contribution in [3.63, 3.8) is 0 Å². The van der Waals surface area contributed by atoms with Gasteiger partial charge in [0, 0.05) is 0 Å². The van der Waals surface area contributed by atoms with Gasteiger partial charge in [0.15, 0.2) is 0 Å². The summed E-state index contributed by atoms with van der Waals surface area (Å²) in [5.41, 5.74) is 2.60. The highest BCUT2D eigenvalue weighted by molar-refractivity contribution is 5.35. The van der Waals surface area contributed by atoms with Crippen LogP contribution in [0, 0.1) is 0 Å². The first kappa shape index (κ1) is 20.3. The quantitative estimate of drug-likeness (QED) is 0.634. The molecule has 0 unspecified atom stereocenters. The maximum Gasteiger partial charge on any atom is 0.119 e. The number of benzene rings is 2. The standard InChI is InChI=1S/C22H30O4/c1-3-21(17-5-9-19(10-6-17)25-15-13-23)22(4-2)18-7-11-20(12-8-18)26-16-14-24/h5-12,21-24H,3-4,13-16H2,1-2H3/t21-,22-/m1/s1. The van der Waals surface area contributed by atoms with Crippen molar-refractivity contribution in [1.82, 2.24) is 0 Å². The third kappa shape index (κ3) is 5.48. The maximum atomic E-state index is 8.86. The molecule has 26 heavy (non-hydrogen) atoms. The van der Waals surface area contributed by atoms with Crippen molar-refractivity contribution in [2.24, 2.45) is 0 Å². The summed E-state index contributed by atoms with van der Waals surface area (Å²) < 4.78 is 10.9.